The van der Waals surface area contributed by atoms with Gasteiger partial charge in [0.15, 0.2) is 0 Å². The van der Waals surface area contributed by atoms with Gasteiger partial charge in [-0.2, -0.15) is 0 Å². The summed E-state index contributed by atoms with van der Waals surface area (Å²) in [5, 5.41) is 0. The molecule has 2 heteroatoms. The number of nitrogens with two attached hydrogens (primary N) is 1. The summed E-state index contributed by atoms with van der Waals surface area (Å²) in [6.45, 7) is 5.19. The van der Waals surface area contributed by atoms with Crippen molar-refractivity contribution < 1.29 is 0 Å². The average molecular weight is 207 g/mol. The predicted octanol–water partition coefficient (Wildman–Crippen LogP) is 2.78. The van der Waals surface area contributed by atoms with E-state index in [1.807, 2.05) is 11.8 Å². The summed E-state index contributed by atoms with van der Waals surface area (Å²) < 4.78 is 0. The number of aryl methyl sites for hydroxylation is 1. The molecule has 0 saturated carbocycles. The fourth-order valence-corrected chi connectivity index (χ4v) is 3.50. The SMILES string of the molecule is Cc1ccc2c(c1)SCC2C(C)CN. The van der Waals surface area contributed by atoms with Crippen molar-refractivity contribution in [1.82, 2.24) is 0 Å². The maximum absolute atomic E-state index is 5.73. The zero-order valence-electron chi connectivity index (χ0n) is 8.79. The Morgan fingerprint density at radius 2 is 2.36 bits per heavy atom. The van der Waals surface area contributed by atoms with Gasteiger partial charge in [0.05, 0.1) is 0 Å². The number of fused-ring (bicyclic) bond motifs is 1. The first-order valence-electron chi connectivity index (χ1n) is 5.15. The van der Waals surface area contributed by atoms with Gasteiger partial charge in [-0.15, -0.1) is 11.8 Å². The number of rotatable bonds is 2. The van der Waals surface area contributed by atoms with Gasteiger partial charge in [0, 0.05) is 10.6 Å². The Balaban J connectivity index is 2.31. The molecule has 1 aromatic carbocycles. The molecule has 0 spiro atoms. The fraction of sp³-hybridized carbons (Fsp3) is 0.500. The highest BCUT2D eigenvalue weighted by Crippen LogP contribution is 2.43. The van der Waals surface area contributed by atoms with Crippen molar-refractivity contribution in [3.8, 4) is 0 Å². The maximum atomic E-state index is 5.73. The third kappa shape index (κ3) is 1.69. The van der Waals surface area contributed by atoms with Crippen LogP contribution in [-0.4, -0.2) is 12.3 Å². The third-order valence-electron chi connectivity index (χ3n) is 3.05. The van der Waals surface area contributed by atoms with Gasteiger partial charge in [0.1, 0.15) is 0 Å². The van der Waals surface area contributed by atoms with Gasteiger partial charge < -0.3 is 5.73 Å². The van der Waals surface area contributed by atoms with Crippen LogP contribution < -0.4 is 5.73 Å². The second-order valence-corrected chi connectivity index (χ2v) is 5.23. The molecule has 1 aliphatic heterocycles. The highest BCUT2D eigenvalue weighted by molar-refractivity contribution is 7.99. The van der Waals surface area contributed by atoms with Crippen LogP contribution in [0.1, 0.15) is 24.0 Å². The number of benzene rings is 1. The van der Waals surface area contributed by atoms with E-state index in [4.69, 9.17) is 5.73 Å². The molecule has 0 bridgehead atoms. The zero-order valence-corrected chi connectivity index (χ0v) is 9.60. The minimum Gasteiger partial charge on any atom is -0.330 e. The molecule has 2 rings (SSSR count). The molecule has 0 radical (unpaired) electrons. The minimum absolute atomic E-state index is 0.603. The molecule has 1 heterocycles. The third-order valence-corrected chi connectivity index (χ3v) is 4.24. The molecule has 1 aliphatic rings. The lowest BCUT2D eigenvalue weighted by Crippen LogP contribution is -2.18. The molecular formula is C12H17NS. The van der Waals surface area contributed by atoms with Crippen LogP contribution in [0.15, 0.2) is 23.1 Å². The standard InChI is InChI=1S/C12H17NS/c1-8-3-4-10-11(9(2)6-13)7-14-12(10)5-8/h3-5,9,11H,6-7,13H2,1-2H3. The summed E-state index contributed by atoms with van der Waals surface area (Å²) >= 11 is 1.98. The van der Waals surface area contributed by atoms with Crippen LogP contribution in [0.4, 0.5) is 0 Å². The topological polar surface area (TPSA) is 26.0 Å². The van der Waals surface area contributed by atoms with Gasteiger partial charge in [0.25, 0.3) is 0 Å². The van der Waals surface area contributed by atoms with E-state index in [2.05, 4.69) is 32.0 Å². The van der Waals surface area contributed by atoms with Crippen molar-refractivity contribution in [1.29, 1.82) is 0 Å². The van der Waals surface area contributed by atoms with Crippen molar-refractivity contribution in [2.75, 3.05) is 12.3 Å². The first-order chi connectivity index (χ1) is 6.72. The molecule has 0 amide bonds. The van der Waals surface area contributed by atoms with Gasteiger partial charge in [-0.25, -0.2) is 0 Å². The Hall–Kier alpha value is -0.470. The van der Waals surface area contributed by atoms with Crippen molar-refractivity contribution in [3.63, 3.8) is 0 Å². The second-order valence-electron chi connectivity index (χ2n) is 4.17. The zero-order chi connectivity index (χ0) is 10.1. The molecule has 0 aromatic heterocycles. The van der Waals surface area contributed by atoms with Crippen LogP contribution in [0.2, 0.25) is 0 Å². The van der Waals surface area contributed by atoms with E-state index >= 15 is 0 Å². The predicted molar refractivity (Wildman–Crippen MR) is 62.9 cm³/mol. The van der Waals surface area contributed by atoms with E-state index in [0.29, 0.717) is 11.8 Å². The molecule has 0 fully saturated rings. The summed E-state index contributed by atoms with van der Waals surface area (Å²) in [7, 11) is 0. The second kappa shape index (κ2) is 3.95. The van der Waals surface area contributed by atoms with Gasteiger partial charge >= 0.3 is 0 Å². The summed E-state index contributed by atoms with van der Waals surface area (Å²) in [6.07, 6.45) is 0. The Morgan fingerprint density at radius 3 is 3.07 bits per heavy atom. The van der Waals surface area contributed by atoms with E-state index in [0.717, 1.165) is 6.54 Å². The van der Waals surface area contributed by atoms with Gasteiger partial charge in [0.2, 0.25) is 0 Å². The van der Waals surface area contributed by atoms with Gasteiger partial charge in [-0.1, -0.05) is 24.6 Å². The molecule has 1 aromatic rings. The monoisotopic (exact) mass is 207 g/mol. The highest BCUT2D eigenvalue weighted by atomic mass is 32.2. The Kier molecular flexibility index (Phi) is 2.84. The lowest BCUT2D eigenvalue weighted by molar-refractivity contribution is 0.506. The number of hydrogen-bond acceptors (Lipinski definition) is 2. The minimum atomic E-state index is 0.603. The largest absolute Gasteiger partial charge is 0.330 e. The number of thioether (sulfide) groups is 1. The molecule has 1 nitrogen and oxygen atoms in total. The Labute approximate surface area is 90.1 Å². The molecule has 14 heavy (non-hydrogen) atoms. The molecule has 0 aliphatic carbocycles. The molecule has 2 N–H and O–H groups in total. The molecular weight excluding hydrogens is 190 g/mol. The summed E-state index contributed by atoms with van der Waals surface area (Å²) in [5.74, 6) is 2.48. The van der Waals surface area contributed by atoms with Crippen molar-refractivity contribution in [2.24, 2.45) is 11.7 Å². The molecule has 0 saturated heterocycles. The van der Waals surface area contributed by atoms with E-state index in [1.54, 1.807) is 0 Å². The van der Waals surface area contributed by atoms with Crippen LogP contribution in [0, 0.1) is 12.8 Å². The lowest BCUT2D eigenvalue weighted by Gasteiger charge is -2.17. The smallest absolute Gasteiger partial charge is 0.0110 e. The summed E-state index contributed by atoms with van der Waals surface area (Å²) in [6, 6.07) is 6.78. The van der Waals surface area contributed by atoms with Crippen molar-refractivity contribution in [2.45, 2.75) is 24.7 Å². The highest BCUT2D eigenvalue weighted by Gasteiger charge is 2.26. The normalized spacial score (nSPS) is 22.1. The molecule has 76 valence electrons. The van der Waals surface area contributed by atoms with Crippen LogP contribution in [0.25, 0.3) is 0 Å². The van der Waals surface area contributed by atoms with Crippen LogP contribution in [0.3, 0.4) is 0 Å². The van der Waals surface area contributed by atoms with E-state index in [9.17, 15) is 0 Å². The summed E-state index contributed by atoms with van der Waals surface area (Å²) in [5.41, 5.74) is 8.60. The lowest BCUT2D eigenvalue weighted by atomic mass is 9.89. The van der Waals surface area contributed by atoms with Crippen molar-refractivity contribution >= 4 is 11.8 Å². The Bertz CT molecular complexity index is 335. The van der Waals surface area contributed by atoms with E-state index in [1.165, 1.54) is 21.8 Å². The fourth-order valence-electron chi connectivity index (χ4n) is 1.98. The Morgan fingerprint density at radius 1 is 1.57 bits per heavy atom. The number of hydrogen-bond donors (Lipinski definition) is 1. The van der Waals surface area contributed by atoms with Crippen LogP contribution >= 0.6 is 11.8 Å². The first kappa shape index (κ1) is 10.1. The van der Waals surface area contributed by atoms with Crippen molar-refractivity contribution in [3.05, 3.63) is 29.3 Å². The van der Waals surface area contributed by atoms with Crippen LogP contribution in [-0.2, 0) is 0 Å². The van der Waals surface area contributed by atoms with E-state index < -0.39 is 0 Å². The van der Waals surface area contributed by atoms with Gasteiger partial charge in [-0.05, 0) is 36.9 Å². The molecule has 2 atom stereocenters. The van der Waals surface area contributed by atoms with Gasteiger partial charge in [-0.3, -0.25) is 0 Å². The van der Waals surface area contributed by atoms with E-state index in [-0.39, 0.29) is 0 Å². The first-order valence-corrected chi connectivity index (χ1v) is 6.14. The quantitative estimate of drug-likeness (QED) is 0.807. The average Bonchev–Trinajstić information content (AvgIpc) is 2.59. The molecule has 2 unspecified atom stereocenters. The van der Waals surface area contributed by atoms with Crippen LogP contribution in [0.5, 0.6) is 0 Å². The summed E-state index contributed by atoms with van der Waals surface area (Å²) in [4.78, 5) is 1.47. The maximum Gasteiger partial charge on any atom is 0.0110 e.